The van der Waals surface area contributed by atoms with Crippen LogP contribution in [-0.4, -0.2) is 29.3 Å². The fourth-order valence-electron chi connectivity index (χ4n) is 8.58. The summed E-state index contributed by atoms with van der Waals surface area (Å²) in [5, 5.41) is 0. The number of nitrogens with zero attached hydrogens (tertiary/aromatic N) is 6. The molecule has 0 saturated carbocycles. The molecular weight excluding hydrogens is 540 g/mol. The van der Waals surface area contributed by atoms with Crippen LogP contribution in [0.4, 0.5) is 40.1 Å². The van der Waals surface area contributed by atoms with Gasteiger partial charge in [0.1, 0.15) is 12.3 Å². The van der Waals surface area contributed by atoms with Crippen molar-refractivity contribution in [2.75, 3.05) is 26.6 Å². The molecule has 1 aromatic heterocycles. The van der Waals surface area contributed by atoms with Crippen LogP contribution in [0.2, 0.25) is 0 Å². The van der Waals surface area contributed by atoms with Gasteiger partial charge in [-0.05, 0) is 60.4 Å². The monoisotopic (exact) mass is 574 g/mol. The van der Waals surface area contributed by atoms with Gasteiger partial charge in [-0.15, -0.1) is 0 Å². The molecule has 4 aromatic carbocycles. The maximum absolute atomic E-state index is 4.94. The van der Waals surface area contributed by atoms with E-state index in [1.807, 2.05) is 12.4 Å². The third-order valence-electron chi connectivity index (χ3n) is 10.4. The van der Waals surface area contributed by atoms with Crippen LogP contribution in [0.3, 0.4) is 0 Å². The van der Waals surface area contributed by atoms with Crippen LogP contribution >= 0.6 is 0 Å². The highest BCUT2D eigenvalue weighted by molar-refractivity contribution is 6.01. The second kappa shape index (κ2) is 9.20. The molecule has 4 aliphatic heterocycles. The zero-order valence-corrected chi connectivity index (χ0v) is 25.2. The normalized spacial score (nSPS) is 20.2. The number of rotatable bonds is 3. The Morgan fingerprint density at radius 1 is 0.591 bits per heavy atom. The maximum atomic E-state index is 4.94. The largest absolute Gasteiger partial charge is 0.332 e. The van der Waals surface area contributed by atoms with Crippen LogP contribution in [-0.2, 0) is 5.41 Å². The summed E-state index contributed by atoms with van der Waals surface area (Å²) in [4.78, 5) is 19.8. The predicted molar refractivity (Wildman–Crippen MR) is 179 cm³/mol. The van der Waals surface area contributed by atoms with Crippen LogP contribution in [0.1, 0.15) is 37.8 Å². The Morgan fingerprint density at radius 2 is 1.18 bits per heavy atom. The molecule has 0 N–H and O–H groups in total. The molecule has 6 heteroatoms. The van der Waals surface area contributed by atoms with Gasteiger partial charge >= 0.3 is 0 Å². The first kappa shape index (κ1) is 25.4. The van der Waals surface area contributed by atoms with Crippen molar-refractivity contribution < 1.29 is 0 Å². The van der Waals surface area contributed by atoms with Crippen LogP contribution in [0.5, 0.6) is 0 Å². The second-order valence-electron chi connectivity index (χ2n) is 12.1. The average Bonchev–Trinajstić information content (AvgIpc) is 3.55. The number of aromatic nitrogens is 2. The predicted octanol–water partition coefficient (Wildman–Crippen LogP) is 8.55. The molecule has 6 nitrogen and oxygen atoms in total. The molecule has 0 spiro atoms. The van der Waals surface area contributed by atoms with E-state index in [1.165, 1.54) is 50.7 Å². The Bertz CT molecular complexity index is 1960. The molecule has 2 unspecified atom stereocenters. The lowest BCUT2D eigenvalue weighted by atomic mass is 9.65. The Hall–Kier alpha value is -5.10. The molecule has 5 aromatic rings. The Kier molecular flexibility index (Phi) is 5.31. The van der Waals surface area contributed by atoms with Gasteiger partial charge in [-0.1, -0.05) is 80.6 Å². The number of benzene rings is 4. The molecule has 0 aliphatic carbocycles. The van der Waals surface area contributed by atoms with Crippen molar-refractivity contribution in [3.05, 3.63) is 132 Å². The highest BCUT2D eigenvalue weighted by atomic mass is 15.5. The number of fused-ring (bicyclic) bond motifs is 13. The second-order valence-corrected chi connectivity index (χ2v) is 12.1. The van der Waals surface area contributed by atoms with Gasteiger partial charge in [0.25, 0.3) is 0 Å². The van der Waals surface area contributed by atoms with Crippen molar-refractivity contribution in [2.45, 2.75) is 44.4 Å². The summed E-state index contributed by atoms with van der Waals surface area (Å²) in [7, 11) is 2.19. The number of likely N-dealkylation sites (N-methyl/N-ethyl adjacent to an activating group) is 1. The Morgan fingerprint density at radius 3 is 1.91 bits per heavy atom. The molecular formula is C38H34N6. The van der Waals surface area contributed by atoms with Crippen LogP contribution < -0.4 is 19.6 Å². The summed E-state index contributed by atoms with van der Waals surface area (Å²) in [5.41, 5.74) is 11.4. The van der Waals surface area contributed by atoms with Gasteiger partial charge in [0, 0.05) is 47.4 Å². The smallest absolute Gasteiger partial charge is 0.178 e. The van der Waals surface area contributed by atoms with Crippen molar-refractivity contribution in [1.82, 2.24) is 9.97 Å². The molecule has 0 radical (unpaired) electrons. The minimum Gasteiger partial charge on any atom is -0.332 e. The number of hydrogen-bond donors (Lipinski definition) is 0. The quantitative estimate of drug-likeness (QED) is 0.215. The molecule has 216 valence electrons. The molecule has 44 heavy (non-hydrogen) atoms. The van der Waals surface area contributed by atoms with E-state index in [2.05, 4.69) is 144 Å². The minimum atomic E-state index is -0.202. The van der Waals surface area contributed by atoms with Crippen LogP contribution in [0, 0.1) is 0 Å². The van der Waals surface area contributed by atoms with Gasteiger partial charge in [-0.3, -0.25) is 4.90 Å². The van der Waals surface area contributed by atoms with Crippen LogP contribution in [0.25, 0.3) is 5.57 Å². The van der Waals surface area contributed by atoms with E-state index < -0.39 is 0 Å². The number of anilines is 7. The van der Waals surface area contributed by atoms with Gasteiger partial charge < -0.3 is 14.7 Å². The fourth-order valence-corrected chi connectivity index (χ4v) is 8.58. The lowest BCUT2D eigenvalue weighted by Gasteiger charge is -2.47. The van der Waals surface area contributed by atoms with E-state index >= 15 is 0 Å². The van der Waals surface area contributed by atoms with Gasteiger partial charge in [-0.25, -0.2) is 9.97 Å². The number of allylic oxidation sites excluding steroid dienone is 1. The van der Waals surface area contributed by atoms with Crippen molar-refractivity contribution in [3.8, 4) is 0 Å². The van der Waals surface area contributed by atoms with E-state index in [4.69, 9.17) is 9.97 Å². The standard InChI is InChI=1S/C38H34N6/c1-4-38(5-2)27-18-10-12-20-29(27)43-31-22-14-13-21-30(31)42(25-15-7-6-8-16-25)37(43)32-33(38)26-17-9-11-19-28(26)44-35-34(39-23-24-40-35)41(3)36(32)44/h6-24,36-37H,4-5H2,1-3H3. The topological polar surface area (TPSA) is 38.7 Å². The van der Waals surface area contributed by atoms with Gasteiger partial charge in [0.15, 0.2) is 11.6 Å². The first-order valence-electron chi connectivity index (χ1n) is 15.7. The summed E-state index contributed by atoms with van der Waals surface area (Å²) >= 11 is 0. The molecule has 0 amide bonds. The maximum Gasteiger partial charge on any atom is 0.178 e. The third-order valence-corrected chi connectivity index (χ3v) is 10.4. The van der Waals surface area contributed by atoms with Crippen molar-refractivity contribution >= 4 is 45.6 Å². The van der Waals surface area contributed by atoms with E-state index in [9.17, 15) is 0 Å². The summed E-state index contributed by atoms with van der Waals surface area (Å²) < 4.78 is 0. The number of hydrogen-bond acceptors (Lipinski definition) is 6. The molecule has 5 heterocycles. The molecule has 2 atom stereocenters. The first-order valence-corrected chi connectivity index (χ1v) is 15.7. The fraction of sp³-hybridized carbons (Fsp3) is 0.211. The highest BCUT2D eigenvalue weighted by Gasteiger charge is 2.57. The van der Waals surface area contributed by atoms with Gasteiger partial charge in [0.05, 0.1) is 17.1 Å². The Balaban J connectivity index is 1.47. The van der Waals surface area contributed by atoms with E-state index in [0.717, 1.165) is 24.5 Å². The van der Waals surface area contributed by atoms with Gasteiger partial charge in [0.2, 0.25) is 0 Å². The minimum absolute atomic E-state index is 0.0999. The zero-order valence-electron chi connectivity index (χ0n) is 25.2. The van der Waals surface area contributed by atoms with E-state index in [0.29, 0.717) is 0 Å². The SMILES string of the molecule is CCC1(CC)C2=C(C3N(C)c4nccnc4N3c3ccccc32)C2N(c3ccccc3)c3ccccc3N2c2ccccc21. The number of para-hydroxylation sites is 5. The summed E-state index contributed by atoms with van der Waals surface area (Å²) in [5.74, 6) is 1.82. The zero-order chi connectivity index (χ0) is 29.6. The molecule has 0 saturated heterocycles. The highest BCUT2D eigenvalue weighted by Crippen LogP contribution is 2.63. The summed E-state index contributed by atoms with van der Waals surface area (Å²) in [6.45, 7) is 4.74. The van der Waals surface area contributed by atoms with E-state index in [1.54, 1.807) is 0 Å². The molecule has 0 fully saturated rings. The lowest BCUT2D eigenvalue weighted by molar-refractivity contribution is 0.509. The van der Waals surface area contributed by atoms with Gasteiger partial charge in [-0.2, -0.15) is 0 Å². The van der Waals surface area contributed by atoms with E-state index in [-0.39, 0.29) is 17.7 Å². The molecule has 9 rings (SSSR count). The Labute approximate surface area is 258 Å². The van der Waals surface area contributed by atoms with Crippen molar-refractivity contribution in [2.24, 2.45) is 0 Å². The lowest BCUT2D eigenvalue weighted by Crippen LogP contribution is -2.53. The van der Waals surface area contributed by atoms with Crippen molar-refractivity contribution in [1.29, 1.82) is 0 Å². The summed E-state index contributed by atoms with van der Waals surface area (Å²) in [6.07, 6.45) is 5.40. The third kappa shape index (κ3) is 3.05. The average molecular weight is 575 g/mol. The first-order chi connectivity index (χ1) is 21.7. The van der Waals surface area contributed by atoms with Crippen molar-refractivity contribution in [3.63, 3.8) is 0 Å². The molecule has 0 bridgehead atoms. The van der Waals surface area contributed by atoms with Crippen LogP contribution in [0.15, 0.2) is 121 Å². The molecule has 4 aliphatic rings. The summed E-state index contributed by atoms with van der Waals surface area (Å²) in [6, 6.07) is 37.9.